The molecule has 1 heterocycles. The minimum Gasteiger partial charge on any atom is -0.294 e. The van der Waals surface area contributed by atoms with E-state index in [1.54, 1.807) is 17.0 Å². The van der Waals surface area contributed by atoms with Gasteiger partial charge in [0.1, 0.15) is 5.82 Å². The highest BCUT2D eigenvalue weighted by molar-refractivity contribution is 9.10. The molecule has 5 heteroatoms. The van der Waals surface area contributed by atoms with Crippen molar-refractivity contribution in [1.82, 2.24) is 0 Å². The van der Waals surface area contributed by atoms with E-state index in [0.717, 1.165) is 22.3 Å². The molecule has 4 rings (SSSR count). The molecule has 2 aliphatic rings. The molecule has 0 saturated carbocycles. The summed E-state index contributed by atoms with van der Waals surface area (Å²) in [5.74, 6) is -0.985. The first-order chi connectivity index (χ1) is 13.5. The fourth-order valence-corrected chi connectivity index (χ4v) is 4.60. The molecule has 3 nitrogen and oxygen atoms in total. The Labute approximate surface area is 172 Å². The van der Waals surface area contributed by atoms with E-state index in [9.17, 15) is 14.0 Å². The third-order valence-electron chi connectivity index (χ3n) is 5.61. The Bertz CT molecular complexity index is 981. The Balaban J connectivity index is 1.85. The van der Waals surface area contributed by atoms with Crippen LogP contribution in [-0.4, -0.2) is 11.7 Å². The van der Waals surface area contributed by atoms with Gasteiger partial charge in [0.05, 0.1) is 0 Å². The number of Topliss-reactive ketones (excluding diaryl/α,β-unsaturated/α-hetero) is 1. The number of ketones is 1. The lowest BCUT2D eigenvalue weighted by Gasteiger charge is -2.38. The van der Waals surface area contributed by atoms with Crippen molar-refractivity contribution in [3.05, 3.63) is 75.2 Å². The number of halogens is 2. The fourth-order valence-electron chi connectivity index (χ4n) is 4.22. The van der Waals surface area contributed by atoms with Gasteiger partial charge in [0.25, 0.3) is 0 Å². The van der Waals surface area contributed by atoms with Crippen LogP contribution in [0.25, 0.3) is 0 Å². The number of benzene rings is 2. The molecule has 1 aliphatic heterocycles. The van der Waals surface area contributed by atoms with E-state index in [-0.39, 0.29) is 23.9 Å². The van der Waals surface area contributed by atoms with Gasteiger partial charge in [-0.2, -0.15) is 0 Å². The summed E-state index contributed by atoms with van der Waals surface area (Å²) in [7, 11) is 0. The van der Waals surface area contributed by atoms with E-state index in [0.29, 0.717) is 30.4 Å². The summed E-state index contributed by atoms with van der Waals surface area (Å²) < 4.78 is 15.3. The van der Waals surface area contributed by atoms with Crippen LogP contribution in [0.2, 0.25) is 0 Å². The second-order valence-corrected chi connectivity index (χ2v) is 8.22. The lowest BCUT2D eigenvalue weighted by atomic mass is 9.77. The fraction of sp³-hybridized carbons (Fsp3) is 0.304. The zero-order chi connectivity index (χ0) is 19.8. The van der Waals surface area contributed by atoms with Crippen molar-refractivity contribution in [3.8, 4) is 0 Å². The van der Waals surface area contributed by atoms with Crippen LogP contribution in [-0.2, 0) is 16.0 Å². The average molecular weight is 442 g/mol. The van der Waals surface area contributed by atoms with E-state index in [2.05, 4.69) is 22.9 Å². The van der Waals surface area contributed by atoms with Gasteiger partial charge in [-0.25, -0.2) is 4.39 Å². The molecular weight excluding hydrogens is 421 g/mol. The number of carbonyl (C=O) groups is 2. The Morgan fingerprint density at radius 1 is 1.11 bits per heavy atom. The van der Waals surface area contributed by atoms with Gasteiger partial charge in [0.15, 0.2) is 5.78 Å². The number of hydrogen-bond acceptors (Lipinski definition) is 2. The molecule has 144 valence electrons. The molecule has 0 fully saturated rings. The first kappa shape index (κ1) is 19.1. The summed E-state index contributed by atoms with van der Waals surface area (Å²) in [4.78, 5) is 27.7. The van der Waals surface area contributed by atoms with Gasteiger partial charge in [-0.3, -0.25) is 14.5 Å². The average Bonchev–Trinajstić information content (AvgIpc) is 2.69. The number of nitrogens with zero attached hydrogens (tertiary/aromatic N) is 1. The largest absolute Gasteiger partial charge is 0.294 e. The van der Waals surface area contributed by atoms with Crippen molar-refractivity contribution < 1.29 is 14.0 Å². The predicted molar refractivity (Wildman–Crippen MR) is 111 cm³/mol. The van der Waals surface area contributed by atoms with Crippen molar-refractivity contribution in [2.75, 3.05) is 4.90 Å². The molecule has 0 radical (unpaired) electrons. The lowest BCUT2D eigenvalue weighted by molar-refractivity contribution is -0.119. The van der Waals surface area contributed by atoms with Crippen LogP contribution in [0.5, 0.6) is 0 Å². The normalized spacial score (nSPS) is 19.8. The van der Waals surface area contributed by atoms with E-state index in [1.165, 1.54) is 11.6 Å². The number of amides is 1. The van der Waals surface area contributed by atoms with Gasteiger partial charge in [-0.1, -0.05) is 35.0 Å². The van der Waals surface area contributed by atoms with Gasteiger partial charge >= 0.3 is 0 Å². The van der Waals surface area contributed by atoms with E-state index in [1.807, 2.05) is 24.3 Å². The second kappa shape index (κ2) is 7.63. The van der Waals surface area contributed by atoms with Crippen LogP contribution in [0, 0.1) is 5.82 Å². The van der Waals surface area contributed by atoms with Crippen LogP contribution in [0.4, 0.5) is 10.1 Å². The van der Waals surface area contributed by atoms with Crippen LogP contribution in [0.15, 0.2) is 58.2 Å². The molecule has 2 aromatic rings. The third-order valence-corrected chi connectivity index (χ3v) is 6.10. The summed E-state index contributed by atoms with van der Waals surface area (Å²) in [5, 5.41) is 0. The zero-order valence-electron chi connectivity index (χ0n) is 15.7. The van der Waals surface area contributed by atoms with Crippen molar-refractivity contribution in [3.63, 3.8) is 0 Å². The molecule has 28 heavy (non-hydrogen) atoms. The number of aryl methyl sites for hydroxylation is 1. The van der Waals surface area contributed by atoms with Gasteiger partial charge < -0.3 is 0 Å². The molecule has 0 N–H and O–H groups in total. The Morgan fingerprint density at radius 3 is 2.57 bits per heavy atom. The molecule has 0 aromatic heterocycles. The summed E-state index contributed by atoms with van der Waals surface area (Å²) in [6.45, 7) is 2.08. The number of anilines is 1. The summed E-state index contributed by atoms with van der Waals surface area (Å²) in [6.07, 6.45) is 2.82. The Hall–Kier alpha value is -2.27. The maximum atomic E-state index is 14.6. The maximum absolute atomic E-state index is 14.6. The Kier molecular flexibility index (Phi) is 5.19. The van der Waals surface area contributed by atoms with Crippen molar-refractivity contribution in [1.29, 1.82) is 0 Å². The first-order valence-electron chi connectivity index (χ1n) is 9.62. The minimum absolute atomic E-state index is 0.0216. The van der Waals surface area contributed by atoms with Gasteiger partial charge in [-0.15, -0.1) is 0 Å². The molecule has 0 bridgehead atoms. The van der Waals surface area contributed by atoms with Crippen LogP contribution >= 0.6 is 15.9 Å². The molecule has 1 atom stereocenters. The standard InChI is InChI=1S/C23H21BrFNO2/c1-2-14-6-9-16(10-7-14)26-20-4-3-5-21(27)23(20)18(13-22(26)28)17-12-15(24)8-11-19(17)25/h6-12,18H,2-5,13H2,1H3. The van der Waals surface area contributed by atoms with E-state index >= 15 is 0 Å². The summed E-state index contributed by atoms with van der Waals surface area (Å²) in [6, 6.07) is 12.6. The number of hydrogen-bond donors (Lipinski definition) is 0. The van der Waals surface area contributed by atoms with Crippen LogP contribution in [0.1, 0.15) is 49.7 Å². The smallest absolute Gasteiger partial charge is 0.232 e. The van der Waals surface area contributed by atoms with E-state index < -0.39 is 5.92 Å². The maximum Gasteiger partial charge on any atom is 0.232 e. The van der Waals surface area contributed by atoms with E-state index in [4.69, 9.17) is 0 Å². The van der Waals surface area contributed by atoms with Gasteiger partial charge in [0.2, 0.25) is 5.91 Å². The molecule has 1 unspecified atom stereocenters. The SMILES string of the molecule is CCc1ccc(N2C(=O)CC(c3cc(Br)ccc3F)C3=C2CCCC3=O)cc1. The van der Waals surface area contributed by atoms with Crippen LogP contribution < -0.4 is 4.90 Å². The number of rotatable bonds is 3. The molecule has 0 spiro atoms. The van der Waals surface area contributed by atoms with Crippen molar-refractivity contribution in [2.24, 2.45) is 0 Å². The molecule has 0 saturated heterocycles. The topological polar surface area (TPSA) is 37.4 Å². The second-order valence-electron chi connectivity index (χ2n) is 7.31. The lowest BCUT2D eigenvalue weighted by Crippen LogP contribution is -2.40. The van der Waals surface area contributed by atoms with Gasteiger partial charge in [-0.05, 0) is 60.7 Å². The number of carbonyl (C=O) groups excluding carboxylic acids is 2. The number of allylic oxidation sites excluding steroid dienone is 2. The minimum atomic E-state index is -0.529. The molecule has 2 aromatic carbocycles. The van der Waals surface area contributed by atoms with Gasteiger partial charge in [0, 0.05) is 40.2 Å². The third kappa shape index (κ3) is 3.32. The first-order valence-corrected chi connectivity index (χ1v) is 10.4. The molecule has 1 amide bonds. The highest BCUT2D eigenvalue weighted by atomic mass is 79.9. The highest BCUT2D eigenvalue weighted by Gasteiger charge is 2.40. The van der Waals surface area contributed by atoms with Crippen molar-refractivity contribution in [2.45, 2.75) is 44.9 Å². The summed E-state index contributed by atoms with van der Waals surface area (Å²) in [5.41, 5.74) is 3.71. The van der Waals surface area contributed by atoms with Crippen LogP contribution in [0.3, 0.4) is 0 Å². The monoisotopic (exact) mass is 441 g/mol. The molecular formula is C23H21BrFNO2. The Morgan fingerprint density at radius 2 is 1.86 bits per heavy atom. The highest BCUT2D eigenvalue weighted by Crippen LogP contribution is 2.44. The zero-order valence-corrected chi connectivity index (χ0v) is 17.3. The van der Waals surface area contributed by atoms with Crippen molar-refractivity contribution >= 4 is 33.3 Å². The molecule has 1 aliphatic carbocycles. The summed E-state index contributed by atoms with van der Waals surface area (Å²) >= 11 is 3.38. The quantitative estimate of drug-likeness (QED) is 0.614. The predicted octanol–water partition coefficient (Wildman–Crippen LogP) is 5.68.